The molecule has 30 heavy (non-hydrogen) atoms. The maximum atomic E-state index is 4.56. The van der Waals surface area contributed by atoms with E-state index in [1.165, 1.54) is 33.4 Å². The molecule has 0 aliphatic carbocycles. The van der Waals surface area contributed by atoms with Crippen molar-refractivity contribution < 1.29 is 0 Å². The molecule has 2 rings (SSSR count). The van der Waals surface area contributed by atoms with Crippen molar-refractivity contribution in [2.45, 2.75) is 41.5 Å². The molecule has 0 atom stereocenters. The second-order valence-corrected chi connectivity index (χ2v) is 7.88. The summed E-state index contributed by atoms with van der Waals surface area (Å²) in [6.45, 7) is 23.7. The van der Waals surface area contributed by atoms with Crippen LogP contribution in [0.5, 0.6) is 0 Å². The molecule has 3 radical (unpaired) electrons. The Morgan fingerprint density at radius 3 is 1.67 bits per heavy atom. The van der Waals surface area contributed by atoms with Crippen molar-refractivity contribution in [2.75, 3.05) is 54.0 Å². The summed E-state index contributed by atoms with van der Waals surface area (Å²) in [5, 5.41) is 1.17. The number of anilines is 3. The maximum absolute atomic E-state index is 4.56. The number of benzene rings is 2. The largest absolute Gasteiger partial charge is 0.372 e. The number of rotatable bonds is 11. The van der Waals surface area contributed by atoms with Gasteiger partial charge in [0.25, 0.3) is 0 Å². The molecule has 0 N–H and O–H groups in total. The fourth-order valence-electron chi connectivity index (χ4n) is 4.19. The smallest absolute Gasteiger partial charge is 0.0772 e. The Morgan fingerprint density at radius 2 is 1.20 bits per heavy atom. The highest BCUT2D eigenvalue weighted by molar-refractivity contribution is 6.41. The van der Waals surface area contributed by atoms with Crippen LogP contribution in [-0.4, -0.2) is 49.5 Å². The molecule has 0 aromatic heterocycles. The minimum absolute atomic E-state index is 0.954. The molecule has 0 saturated heterocycles. The molecule has 2 aromatic rings. The van der Waals surface area contributed by atoms with Crippen LogP contribution < -0.4 is 19.9 Å². The lowest BCUT2D eigenvalue weighted by Gasteiger charge is -2.37. The minimum Gasteiger partial charge on any atom is -0.372 e. The van der Waals surface area contributed by atoms with Gasteiger partial charge in [-0.15, -0.1) is 0 Å². The molecule has 0 aliphatic heterocycles. The van der Waals surface area contributed by atoms with E-state index in [2.05, 4.69) is 109 Å². The van der Waals surface area contributed by atoms with Crippen LogP contribution in [0.1, 0.15) is 52.7 Å². The standard InChI is InChI=1S/C26H38N3Si/c1-8-27(9-2)23-19-22(20(7)21-17-15-14-16-18-21)24(28(10-3)11-4)25(26(23)30)29(12-5)13-6/h14-19H,7-13H2,1-6H3. The van der Waals surface area contributed by atoms with Gasteiger partial charge in [-0.05, 0) is 63.9 Å². The maximum Gasteiger partial charge on any atom is 0.0772 e. The van der Waals surface area contributed by atoms with Gasteiger partial charge < -0.3 is 14.7 Å². The van der Waals surface area contributed by atoms with Crippen LogP contribution in [-0.2, 0) is 0 Å². The average molecular weight is 421 g/mol. The first-order valence-electron chi connectivity index (χ1n) is 11.4. The molecule has 0 spiro atoms. The average Bonchev–Trinajstić information content (AvgIpc) is 2.79. The molecule has 2 aromatic carbocycles. The molecule has 0 fully saturated rings. The first kappa shape index (κ1) is 24.1. The third-order valence-electron chi connectivity index (χ3n) is 5.96. The van der Waals surface area contributed by atoms with E-state index in [4.69, 9.17) is 0 Å². The lowest BCUT2D eigenvalue weighted by molar-refractivity contribution is 0.830. The zero-order valence-corrected chi connectivity index (χ0v) is 20.8. The van der Waals surface area contributed by atoms with Crippen LogP contribution in [0.4, 0.5) is 17.1 Å². The van der Waals surface area contributed by atoms with E-state index >= 15 is 0 Å². The molecule has 0 amide bonds. The summed E-state index contributed by atoms with van der Waals surface area (Å²) in [5.74, 6) is 0. The van der Waals surface area contributed by atoms with Crippen molar-refractivity contribution in [3.05, 3.63) is 54.1 Å². The third-order valence-corrected chi connectivity index (χ3v) is 6.46. The van der Waals surface area contributed by atoms with Gasteiger partial charge in [-0.2, -0.15) is 0 Å². The van der Waals surface area contributed by atoms with Crippen LogP contribution in [0, 0.1) is 0 Å². The van der Waals surface area contributed by atoms with E-state index in [-0.39, 0.29) is 0 Å². The van der Waals surface area contributed by atoms with E-state index in [1.54, 1.807) is 0 Å². The highest BCUT2D eigenvalue weighted by atomic mass is 28.1. The first-order chi connectivity index (χ1) is 14.5. The first-order valence-corrected chi connectivity index (χ1v) is 11.9. The van der Waals surface area contributed by atoms with Crippen molar-refractivity contribution in [2.24, 2.45) is 0 Å². The van der Waals surface area contributed by atoms with E-state index in [0.29, 0.717) is 0 Å². The number of hydrogen-bond acceptors (Lipinski definition) is 3. The molecular weight excluding hydrogens is 382 g/mol. The van der Waals surface area contributed by atoms with Gasteiger partial charge in [0.2, 0.25) is 0 Å². The lowest BCUT2D eigenvalue weighted by Crippen LogP contribution is -2.36. The summed E-state index contributed by atoms with van der Waals surface area (Å²) in [6.07, 6.45) is 0. The zero-order valence-electron chi connectivity index (χ0n) is 19.8. The zero-order chi connectivity index (χ0) is 22.3. The normalized spacial score (nSPS) is 10.8. The molecule has 3 nitrogen and oxygen atoms in total. The monoisotopic (exact) mass is 420 g/mol. The van der Waals surface area contributed by atoms with Crippen LogP contribution in [0.15, 0.2) is 43.0 Å². The molecule has 0 bridgehead atoms. The SMILES string of the molecule is C=C(c1ccccc1)c1cc(N(CC)CC)c([Si])c(N(CC)CC)c1N(CC)CC. The number of hydrogen-bond donors (Lipinski definition) is 0. The molecule has 0 unspecified atom stereocenters. The van der Waals surface area contributed by atoms with Gasteiger partial charge in [0, 0.05) is 50.5 Å². The summed E-state index contributed by atoms with van der Waals surface area (Å²) >= 11 is 0. The Morgan fingerprint density at radius 1 is 0.733 bits per heavy atom. The van der Waals surface area contributed by atoms with Gasteiger partial charge in [-0.1, -0.05) is 36.9 Å². The summed E-state index contributed by atoms with van der Waals surface area (Å²) in [7, 11) is 4.09. The van der Waals surface area contributed by atoms with Gasteiger partial charge in [0.15, 0.2) is 0 Å². The van der Waals surface area contributed by atoms with Crippen molar-refractivity contribution >= 4 is 38.1 Å². The molecule has 161 valence electrons. The Bertz CT molecular complexity index is 820. The molecular formula is C26H38N3Si. The van der Waals surface area contributed by atoms with Gasteiger partial charge in [0.1, 0.15) is 0 Å². The Balaban J connectivity index is 2.93. The molecule has 0 aliphatic rings. The summed E-state index contributed by atoms with van der Waals surface area (Å²) in [6, 6.07) is 12.9. The predicted molar refractivity (Wildman–Crippen MR) is 137 cm³/mol. The highest BCUT2D eigenvalue weighted by Gasteiger charge is 2.25. The van der Waals surface area contributed by atoms with Gasteiger partial charge in [-0.3, -0.25) is 0 Å². The fourth-order valence-corrected chi connectivity index (χ4v) is 4.70. The molecule has 4 heteroatoms. The topological polar surface area (TPSA) is 9.72 Å². The second kappa shape index (κ2) is 11.3. The van der Waals surface area contributed by atoms with E-state index < -0.39 is 0 Å². The van der Waals surface area contributed by atoms with Crippen LogP contribution in [0.3, 0.4) is 0 Å². The van der Waals surface area contributed by atoms with Crippen LogP contribution >= 0.6 is 0 Å². The predicted octanol–water partition coefficient (Wildman–Crippen LogP) is 5.08. The summed E-state index contributed by atoms with van der Waals surface area (Å²) in [4.78, 5) is 7.35. The molecule has 0 saturated carbocycles. The lowest BCUT2D eigenvalue weighted by atomic mass is 9.94. The van der Waals surface area contributed by atoms with Crippen LogP contribution in [0.2, 0.25) is 0 Å². The van der Waals surface area contributed by atoms with Crippen molar-refractivity contribution in [3.63, 3.8) is 0 Å². The Labute approximate surface area is 187 Å². The Hall–Kier alpha value is -2.20. The van der Waals surface area contributed by atoms with Gasteiger partial charge in [0.05, 0.1) is 21.6 Å². The second-order valence-electron chi connectivity index (χ2n) is 7.38. The van der Waals surface area contributed by atoms with Crippen LogP contribution in [0.25, 0.3) is 5.57 Å². The van der Waals surface area contributed by atoms with E-state index in [0.717, 1.165) is 44.8 Å². The Kier molecular flexibility index (Phi) is 9.03. The van der Waals surface area contributed by atoms with Crippen molar-refractivity contribution in [1.82, 2.24) is 0 Å². The van der Waals surface area contributed by atoms with Crippen molar-refractivity contribution in [3.8, 4) is 0 Å². The third kappa shape index (κ3) is 4.75. The van der Waals surface area contributed by atoms with Gasteiger partial charge >= 0.3 is 0 Å². The number of nitrogens with zero attached hydrogens (tertiary/aromatic N) is 3. The summed E-state index contributed by atoms with van der Waals surface area (Å²) in [5.41, 5.74) is 7.25. The van der Waals surface area contributed by atoms with Gasteiger partial charge in [-0.25, -0.2) is 0 Å². The molecule has 0 heterocycles. The van der Waals surface area contributed by atoms with Crippen molar-refractivity contribution in [1.29, 1.82) is 0 Å². The fraction of sp³-hybridized carbons (Fsp3) is 0.462. The van der Waals surface area contributed by atoms with E-state index in [9.17, 15) is 0 Å². The highest BCUT2D eigenvalue weighted by Crippen LogP contribution is 2.40. The quantitative estimate of drug-likeness (QED) is 0.469. The summed E-state index contributed by atoms with van der Waals surface area (Å²) < 4.78 is 0. The van der Waals surface area contributed by atoms with E-state index in [1.807, 2.05) is 0 Å². The minimum atomic E-state index is 0.954.